The average Bonchev–Trinajstić information content (AvgIpc) is 2.47. The van der Waals surface area contributed by atoms with Crippen molar-refractivity contribution in [3.63, 3.8) is 0 Å². The minimum absolute atomic E-state index is 0.135. The Hall–Kier alpha value is -2.87. The van der Waals surface area contributed by atoms with E-state index >= 15 is 0 Å². The van der Waals surface area contributed by atoms with Crippen LogP contribution in [0.2, 0.25) is 0 Å². The predicted molar refractivity (Wildman–Crippen MR) is 74.1 cm³/mol. The van der Waals surface area contributed by atoms with Crippen molar-refractivity contribution in [1.82, 2.24) is 4.98 Å². The number of nitriles is 1. The Balaban J connectivity index is 2.29. The molecule has 0 aliphatic rings. The molecule has 20 heavy (non-hydrogen) atoms. The lowest BCUT2D eigenvalue weighted by Gasteiger charge is -2.23. The van der Waals surface area contributed by atoms with E-state index in [1.807, 2.05) is 36.4 Å². The largest absolute Gasteiger partial charge is 0.480 e. The Morgan fingerprint density at radius 3 is 2.65 bits per heavy atom. The molecular formula is C15H13N3O2. The zero-order valence-electron chi connectivity index (χ0n) is 10.7. The lowest BCUT2D eigenvalue weighted by Crippen LogP contribution is -2.29. The second-order valence-corrected chi connectivity index (χ2v) is 4.21. The normalized spacial score (nSPS) is 9.75. The summed E-state index contributed by atoms with van der Waals surface area (Å²) in [6, 6.07) is 14.8. The van der Waals surface area contributed by atoms with Crippen molar-refractivity contribution < 1.29 is 9.90 Å². The molecule has 5 nitrogen and oxygen atoms in total. The smallest absolute Gasteiger partial charge is 0.323 e. The molecule has 100 valence electrons. The van der Waals surface area contributed by atoms with Crippen LogP contribution < -0.4 is 4.90 Å². The fourth-order valence-electron chi connectivity index (χ4n) is 1.91. The summed E-state index contributed by atoms with van der Waals surface area (Å²) in [5.74, 6) is -0.920. The van der Waals surface area contributed by atoms with Crippen molar-refractivity contribution in [2.24, 2.45) is 0 Å². The summed E-state index contributed by atoms with van der Waals surface area (Å²) < 4.78 is 0. The Morgan fingerprint density at radius 1 is 1.25 bits per heavy atom. The highest BCUT2D eigenvalue weighted by molar-refractivity contribution is 5.73. The topological polar surface area (TPSA) is 77.2 Å². The second kappa shape index (κ2) is 6.34. The molecule has 1 heterocycles. The van der Waals surface area contributed by atoms with Crippen molar-refractivity contribution in [3.05, 3.63) is 59.9 Å². The van der Waals surface area contributed by atoms with Crippen LogP contribution in [0, 0.1) is 11.3 Å². The number of aromatic nitrogens is 1. The molecule has 0 saturated heterocycles. The number of carbonyl (C=O) groups is 1. The van der Waals surface area contributed by atoms with Gasteiger partial charge in [0.1, 0.15) is 18.3 Å². The molecule has 0 unspecified atom stereocenters. The second-order valence-electron chi connectivity index (χ2n) is 4.21. The van der Waals surface area contributed by atoms with Gasteiger partial charge in [0, 0.05) is 24.0 Å². The maximum Gasteiger partial charge on any atom is 0.323 e. The summed E-state index contributed by atoms with van der Waals surface area (Å²) in [5.41, 5.74) is 1.82. The fraction of sp³-hybridized carbons (Fsp3) is 0.133. The predicted octanol–water partition coefficient (Wildman–Crippen LogP) is 2.04. The third kappa shape index (κ3) is 3.33. The standard InChI is InChI=1S/C15H13N3O2/c16-9-14-12(5-4-8-17-14)10-18(11-15(19)20)13-6-2-1-3-7-13/h1-8H,10-11H2,(H,19,20). The molecular weight excluding hydrogens is 254 g/mol. The van der Waals surface area contributed by atoms with Crippen molar-refractivity contribution in [2.45, 2.75) is 6.54 Å². The van der Waals surface area contributed by atoms with Crippen LogP contribution in [0.25, 0.3) is 0 Å². The number of carboxylic acids is 1. The fourth-order valence-corrected chi connectivity index (χ4v) is 1.91. The van der Waals surface area contributed by atoms with Crippen LogP contribution in [-0.2, 0) is 11.3 Å². The molecule has 0 aliphatic carbocycles. The molecule has 0 aliphatic heterocycles. The number of hydrogen-bond acceptors (Lipinski definition) is 4. The number of nitrogens with zero attached hydrogens (tertiary/aromatic N) is 3. The quantitative estimate of drug-likeness (QED) is 0.897. The number of para-hydroxylation sites is 1. The van der Waals surface area contributed by atoms with E-state index in [1.165, 1.54) is 0 Å². The van der Waals surface area contributed by atoms with Gasteiger partial charge in [0.15, 0.2) is 0 Å². The van der Waals surface area contributed by atoms with Gasteiger partial charge < -0.3 is 10.0 Å². The number of carboxylic acid groups (broad SMARTS) is 1. The van der Waals surface area contributed by atoms with Crippen LogP contribution >= 0.6 is 0 Å². The molecule has 0 bridgehead atoms. The van der Waals surface area contributed by atoms with Gasteiger partial charge in [-0.3, -0.25) is 4.79 Å². The van der Waals surface area contributed by atoms with Crippen LogP contribution in [0.1, 0.15) is 11.3 Å². The first-order valence-corrected chi connectivity index (χ1v) is 6.06. The molecule has 0 saturated carbocycles. The third-order valence-corrected chi connectivity index (χ3v) is 2.81. The number of rotatable bonds is 5. The third-order valence-electron chi connectivity index (χ3n) is 2.81. The highest BCUT2D eigenvalue weighted by atomic mass is 16.4. The molecule has 5 heteroatoms. The van der Waals surface area contributed by atoms with Gasteiger partial charge in [0.25, 0.3) is 0 Å². The van der Waals surface area contributed by atoms with E-state index < -0.39 is 5.97 Å². The number of pyridine rings is 1. The van der Waals surface area contributed by atoms with E-state index in [1.54, 1.807) is 23.2 Å². The highest BCUT2D eigenvalue weighted by Crippen LogP contribution is 2.17. The van der Waals surface area contributed by atoms with Gasteiger partial charge in [-0.2, -0.15) is 5.26 Å². The van der Waals surface area contributed by atoms with E-state index in [9.17, 15) is 4.79 Å². The van der Waals surface area contributed by atoms with Crippen LogP contribution in [0.3, 0.4) is 0 Å². The summed E-state index contributed by atoms with van der Waals surface area (Å²) in [6.45, 7) is 0.191. The van der Waals surface area contributed by atoms with E-state index in [0.717, 1.165) is 5.69 Å². The van der Waals surface area contributed by atoms with Crippen LogP contribution in [0.4, 0.5) is 5.69 Å². The molecule has 1 N–H and O–H groups in total. The molecule has 2 aromatic rings. The first-order valence-electron chi connectivity index (χ1n) is 6.06. The maximum absolute atomic E-state index is 11.0. The summed E-state index contributed by atoms with van der Waals surface area (Å²) in [4.78, 5) is 16.7. The van der Waals surface area contributed by atoms with Crippen molar-refractivity contribution in [2.75, 3.05) is 11.4 Å². The van der Waals surface area contributed by atoms with Crippen LogP contribution in [0.5, 0.6) is 0 Å². The number of anilines is 1. The Kier molecular flexibility index (Phi) is 4.30. The summed E-state index contributed by atoms with van der Waals surface area (Å²) >= 11 is 0. The van der Waals surface area contributed by atoms with Crippen molar-refractivity contribution >= 4 is 11.7 Å². The minimum atomic E-state index is -0.920. The van der Waals surface area contributed by atoms with Gasteiger partial charge >= 0.3 is 5.97 Å². The van der Waals surface area contributed by atoms with E-state index in [4.69, 9.17) is 10.4 Å². The molecule has 2 rings (SSSR count). The molecule has 0 spiro atoms. The van der Waals surface area contributed by atoms with Gasteiger partial charge in [0.05, 0.1) is 0 Å². The Bertz CT molecular complexity index is 635. The molecule has 0 radical (unpaired) electrons. The maximum atomic E-state index is 11.0. The summed E-state index contributed by atoms with van der Waals surface area (Å²) in [7, 11) is 0. The van der Waals surface area contributed by atoms with Crippen LogP contribution in [0.15, 0.2) is 48.7 Å². The number of hydrogen-bond donors (Lipinski definition) is 1. The highest BCUT2D eigenvalue weighted by Gasteiger charge is 2.13. The summed E-state index contributed by atoms with van der Waals surface area (Å²) in [5, 5.41) is 18.1. The van der Waals surface area contributed by atoms with Gasteiger partial charge in [-0.15, -0.1) is 0 Å². The molecule has 1 aromatic carbocycles. The van der Waals surface area contributed by atoms with Crippen molar-refractivity contribution in [3.8, 4) is 6.07 Å². The SMILES string of the molecule is N#Cc1ncccc1CN(CC(=O)O)c1ccccc1. The zero-order valence-corrected chi connectivity index (χ0v) is 10.7. The average molecular weight is 267 g/mol. The summed E-state index contributed by atoms with van der Waals surface area (Å²) in [6.07, 6.45) is 1.55. The molecule has 0 fully saturated rings. The number of benzene rings is 1. The lowest BCUT2D eigenvalue weighted by molar-refractivity contribution is -0.135. The molecule has 1 aromatic heterocycles. The zero-order chi connectivity index (χ0) is 14.4. The van der Waals surface area contributed by atoms with Crippen molar-refractivity contribution in [1.29, 1.82) is 5.26 Å². The minimum Gasteiger partial charge on any atom is -0.480 e. The Morgan fingerprint density at radius 2 is 2.00 bits per heavy atom. The van der Waals surface area contributed by atoms with E-state index in [-0.39, 0.29) is 6.54 Å². The van der Waals surface area contributed by atoms with E-state index in [0.29, 0.717) is 17.8 Å². The Labute approximate surface area is 116 Å². The lowest BCUT2D eigenvalue weighted by atomic mass is 10.1. The van der Waals surface area contributed by atoms with Crippen LogP contribution in [-0.4, -0.2) is 22.6 Å². The van der Waals surface area contributed by atoms with Gasteiger partial charge in [-0.05, 0) is 18.2 Å². The molecule has 0 atom stereocenters. The monoisotopic (exact) mass is 267 g/mol. The van der Waals surface area contributed by atoms with Gasteiger partial charge in [-0.1, -0.05) is 24.3 Å². The van der Waals surface area contributed by atoms with Gasteiger partial charge in [-0.25, -0.2) is 4.98 Å². The van der Waals surface area contributed by atoms with E-state index in [2.05, 4.69) is 4.98 Å². The number of aliphatic carboxylic acids is 1. The van der Waals surface area contributed by atoms with Gasteiger partial charge in [0.2, 0.25) is 0 Å². The first kappa shape index (κ1) is 13.6. The molecule has 0 amide bonds. The first-order chi connectivity index (χ1) is 9.70.